The molecule has 0 spiro atoms. The van der Waals surface area contributed by atoms with E-state index in [4.69, 9.17) is 5.73 Å². The Labute approximate surface area is 110 Å². The third-order valence-corrected chi connectivity index (χ3v) is 3.94. The smallest absolute Gasteiger partial charge is 0.146 e. The molecule has 0 saturated carbocycles. The molecule has 0 radical (unpaired) electrons. The van der Waals surface area contributed by atoms with Crippen molar-refractivity contribution in [1.82, 2.24) is 4.98 Å². The van der Waals surface area contributed by atoms with Crippen LogP contribution in [-0.4, -0.2) is 16.3 Å². The molecule has 0 atom stereocenters. The molecule has 0 aliphatic heterocycles. The summed E-state index contributed by atoms with van der Waals surface area (Å²) in [6, 6.07) is 3.95. The molecule has 0 fully saturated rings. The number of nitrogens with two attached hydrogens (primary N) is 1. The predicted molar refractivity (Wildman–Crippen MR) is 74.4 cm³/mol. The second kappa shape index (κ2) is 5.19. The van der Waals surface area contributed by atoms with E-state index >= 15 is 0 Å². The van der Waals surface area contributed by atoms with Crippen LogP contribution in [0, 0.1) is 5.41 Å². The fourth-order valence-electron chi connectivity index (χ4n) is 1.51. The van der Waals surface area contributed by atoms with E-state index in [0.717, 1.165) is 12.1 Å². The highest BCUT2D eigenvalue weighted by molar-refractivity contribution is 5.87. The minimum absolute atomic E-state index is 0.131. The summed E-state index contributed by atoms with van der Waals surface area (Å²) < 4.78 is 0. The Morgan fingerprint density at radius 3 is 2.28 bits per heavy atom. The van der Waals surface area contributed by atoms with E-state index < -0.39 is 11.0 Å². The summed E-state index contributed by atoms with van der Waals surface area (Å²) in [4.78, 5) is 16.6. The summed E-state index contributed by atoms with van der Waals surface area (Å²) in [5, 5.41) is 0. The minimum atomic E-state index is -0.557. The van der Waals surface area contributed by atoms with Crippen molar-refractivity contribution in [2.75, 3.05) is 0 Å². The molecule has 2 N–H and O–H groups in total. The lowest BCUT2D eigenvalue weighted by Gasteiger charge is -2.37. The minimum Gasteiger partial charge on any atom is -0.325 e. The van der Waals surface area contributed by atoms with Gasteiger partial charge in [0.1, 0.15) is 5.78 Å². The summed E-state index contributed by atoms with van der Waals surface area (Å²) >= 11 is 0. The molecule has 1 rings (SSSR count). The van der Waals surface area contributed by atoms with Crippen LogP contribution < -0.4 is 5.73 Å². The van der Waals surface area contributed by atoms with Gasteiger partial charge >= 0.3 is 0 Å². The molecule has 3 heteroatoms. The molecule has 0 aliphatic rings. The average molecular weight is 248 g/mol. The quantitative estimate of drug-likeness (QED) is 0.871. The maximum atomic E-state index is 12.3. The Kier molecular flexibility index (Phi) is 4.28. The molecule has 0 aromatic carbocycles. The number of hydrogen-bond donors (Lipinski definition) is 1. The zero-order valence-electron chi connectivity index (χ0n) is 12.1. The van der Waals surface area contributed by atoms with Crippen molar-refractivity contribution in [2.24, 2.45) is 11.1 Å². The largest absolute Gasteiger partial charge is 0.325 e. The van der Waals surface area contributed by atoms with Gasteiger partial charge in [-0.3, -0.25) is 9.78 Å². The van der Waals surface area contributed by atoms with Gasteiger partial charge in [0.05, 0.1) is 0 Å². The van der Waals surface area contributed by atoms with Gasteiger partial charge in [-0.1, -0.05) is 26.8 Å². The van der Waals surface area contributed by atoms with Gasteiger partial charge in [-0.05, 0) is 31.9 Å². The standard InChI is InChI=1S/C15H24N2O/c1-6-11-7-8-12(17-10-11)9-13(18)14(2,3)15(4,5)16/h7-8,10H,6,9,16H2,1-5H3. The SMILES string of the molecule is CCc1ccc(CC(=O)C(C)(C)C(C)(C)N)nc1. The van der Waals surface area contributed by atoms with Crippen LogP contribution in [0.1, 0.15) is 45.9 Å². The highest BCUT2D eigenvalue weighted by Crippen LogP contribution is 2.30. The normalized spacial score (nSPS) is 12.6. The third kappa shape index (κ3) is 3.16. The van der Waals surface area contributed by atoms with Gasteiger partial charge < -0.3 is 5.73 Å². The van der Waals surface area contributed by atoms with Gasteiger partial charge in [0.2, 0.25) is 0 Å². The molecule has 3 nitrogen and oxygen atoms in total. The molecule has 0 bridgehead atoms. The van der Waals surface area contributed by atoms with E-state index in [1.54, 1.807) is 0 Å². The van der Waals surface area contributed by atoms with Crippen molar-refractivity contribution in [1.29, 1.82) is 0 Å². The van der Waals surface area contributed by atoms with Gasteiger partial charge in [-0.15, -0.1) is 0 Å². The van der Waals surface area contributed by atoms with Crippen molar-refractivity contribution < 1.29 is 4.79 Å². The first kappa shape index (κ1) is 14.8. The van der Waals surface area contributed by atoms with Gasteiger partial charge in [0.25, 0.3) is 0 Å². The molecule has 0 amide bonds. The first-order valence-electron chi connectivity index (χ1n) is 6.44. The summed E-state index contributed by atoms with van der Waals surface area (Å²) in [6.45, 7) is 9.66. The van der Waals surface area contributed by atoms with E-state index in [-0.39, 0.29) is 5.78 Å². The Hall–Kier alpha value is -1.22. The fourth-order valence-corrected chi connectivity index (χ4v) is 1.51. The Balaban J connectivity index is 2.81. The number of aryl methyl sites for hydroxylation is 1. The molecule has 0 aliphatic carbocycles. The summed E-state index contributed by atoms with van der Waals surface area (Å²) in [5.41, 5.74) is 6.98. The van der Waals surface area contributed by atoms with Crippen LogP contribution in [0.25, 0.3) is 0 Å². The highest BCUT2D eigenvalue weighted by atomic mass is 16.1. The van der Waals surface area contributed by atoms with Crippen molar-refractivity contribution in [3.8, 4) is 0 Å². The third-order valence-electron chi connectivity index (χ3n) is 3.94. The molecule has 0 saturated heterocycles. The number of hydrogen-bond acceptors (Lipinski definition) is 3. The maximum Gasteiger partial charge on any atom is 0.146 e. The van der Waals surface area contributed by atoms with Crippen LogP contribution in [0.15, 0.2) is 18.3 Å². The first-order chi connectivity index (χ1) is 8.18. The zero-order valence-corrected chi connectivity index (χ0v) is 12.1. The van der Waals surface area contributed by atoms with E-state index in [0.29, 0.717) is 6.42 Å². The number of rotatable bonds is 5. The number of carbonyl (C=O) groups is 1. The van der Waals surface area contributed by atoms with Crippen molar-refractivity contribution in [3.63, 3.8) is 0 Å². The maximum absolute atomic E-state index is 12.3. The molecule has 0 unspecified atom stereocenters. The molecular weight excluding hydrogens is 224 g/mol. The number of nitrogens with zero attached hydrogens (tertiary/aromatic N) is 1. The predicted octanol–water partition coefficient (Wildman–Crippen LogP) is 2.52. The van der Waals surface area contributed by atoms with Crippen LogP contribution in [0.4, 0.5) is 0 Å². The zero-order chi connectivity index (χ0) is 14.0. The average Bonchev–Trinajstić information content (AvgIpc) is 2.28. The van der Waals surface area contributed by atoms with E-state index in [9.17, 15) is 4.79 Å². The van der Waals surface area contributed by atoms with Crippen LogP contribution in [-0.2, 0) is 17.6 Å². The Morgan fingerprint density at radius 1 is 1.28 bits per heavy atom. The number of ketones is 1. The molecule has 100 valence electrons. The lowest BCUT2D eigenvalue weighted by Crippen LogP contribution is -2.52. The van der Waals surface area contributed by atoms with Crippen LogP contribution in [0.3, 0.4) is 0 Å². The van der Waals surface area contributed by atoms with Crippen molar-refractivity contribution in [2.45, 2.75) is 53.0 Å². The molecule has 1 aromatic rings. The molecule has 18 heavy (non-hydrogen) atoms. The molecule has 1 heterocycles. The lowest BCUT2D eigenvalue weighted by molar-refractivity contribution is -0.129. The monoisotopic (exact) mass is 248 g/mol. The van der Waals surface area contributed by atoms with Gasteiger partial charge in [-0.2, -0.15) is 0 Å². The van der Waals surface area contributed by atoms with E-state index in [1.807, 2.05) is 46.0 Å². The van der Waals surface area contributed by atoms with Crippen molar-refractivity contribution in [3.05, 3.63) is 29.6 Å². The first-order valence-corrected chi connectivity index (χ1v) is 6.44. The Morgan fingerprint density at radius 2 is 1.89 bits per heavy atom. The second-order valence-electron chi connectivity index (χ2n) is 5.96. The van der Waals surface area contributed by atoms with Crippen LogP contribution in [0.5, 0.6) is 0 Å². The van der Waals surface area contributed by atoms with Crippen molar-refractivity contribution >= 4 is 5.78 Å². The summed E-state index contributed by atoms with van der Waals surface area (Å²) in [7, 11) is 0. The second-order valence-corrected chi connectivity index (χ2v) is 5.96. The summed E-state index contributed by atoms with van der Waals surface area (Å²) in [5.74, 6) is 0.131. The number of carbonyl (C=O) groups excluding carboxylic acids is 1. The summed E-state index contributed by atoms with van der Waals surface area (Å²) in [6.07, 6.45) is 3.14. The van der Waals surface area contributed by atoms with E-state index in [1.165, 1.54) is 5.56 Å². The number of aromatic nitrogens is 1. The topological polar surface area (TPSA) is 56.0 Å². The lowest BCUT2D eigenvalue weighted by atomic mass is 9.71. The number of Topliss-reactive ketones (excluding diaryl/α,β-unsaturated/α-hetero) is 1. The van der Waals surface area contributed by atoms with Crippen LogP contribution in [0.2, 0.25) is 0 Å². The van der Waals surface area contributed by atoms with Gasteiger partial charge in [0, 0.05) is 29.3 Å². The van der Waals surface area contributed by atoms with Gasteiger partial charge in [0.15, 0.2) is 0 Å². The highest BCUT2D eigenvalue weighted by Gasteiger charge is 2.39. The van der Waals surface area contributed by atoms with Crippen LogP contribution >= 0.6 is 0 Å². The number of pyridine rings is 1. The fraction of sp³-hybridized carbons (Fsp3) is 0.600. The molecular formula is C15H24N2O. The van der Waals surface area contributed by atoms with Gasteiger partial charge in [-0.25, -0.2) is 0 Å². The Bertz CT molecular complexity index is 413. The van der Waals surface area contributed by atoms with E-state index in [2.05, 4.69) is 11.9 Å². The molecule has 1 aromatic heterocycles.